The van der Waals surface area contributed by atoms with Gasteiger partial charge < -0.3 is 4.55 Å². The Morgan fingerprint density at radius 3 is 2.15 bits per heavy atom. The van der Waals surface area contributed by atoms with E-state index in [1.165, 1.54) is 0 Å². The predicted octanol–water partition coefficient (Wildman–Crippen LogP) is 3.12. The molecule has 0 bridgehead atoms. The van der Waals surface area contributed by atoms with E-state index < -0.39 is 13.6 Å². The molecule has 0 saturated heterocycles. The van der Waals surface area contributed by atoms with E-state index in [1.54, 1.807) is 24.3 Å². The molecule has 0 spiro atoms. The summed E-state index contributed by atoms with van der Waals surface area (Å²) in [7, 11) is 0. The Kier molecular flexibility index (Phi) is 3.94. The minimum absolute atomic E-state index is 0.566. The number of benzene rings is 1. The maximum atomic E-state index is 10.8. The first-order valence-corrected chi connectivity index (χ1v) is 6.21. The van der Waals surface area contributed by atoms with E-state index in [-0.39, 0.29) is 0 Å². The first-order chi connectivity index (χ1) is 5.94. The van der Waals surface area contributed by atoms with Crippen LogP contribution in [0.3, 0.4) is 0 Å². The summed E-state index contributed by atoms with van der Waals surface area (Å²) in [6.45, 7) is 0. The molecule has 0 aliphatic rings. The summed E-state index contributed by atoms with van der Waals surface area (Å²) in [6.07, 6.45) is 0. The lowest BCUT2D eigenvalue weighted by molar-refractivity contribution is 0.533. The van der Waals surface area contributed by atoms with E-state index >= 15 is 0 Å². The summed E-state index contributed by atoms with van der Waals surface area (Å²) in [5, 5.41) is 0.566. The number of hydrogen-bond donors (Lipinski definition) is 0. The van der Waals surface area contributed by atoms with Crippen LogP contribution in [0.2, 0.25) is 5.02 Å². The molecule has 0 aromatic heterocycles. The van der Waals surface area contributed by atoms with Gasteiger partial charge in [0.25, 0.3) is 0 Å². The third-order valence-electron chi connectivity index (χ3n) is 1.39. The Hall–Kier alpha value is 0.580. The summed E-state index contributed by atoms with van der Waals surface area (Å²) in [5.74, 6) is 0. The summed E-state index contributed by atoms with van der Waals surface area (Å²) in [5.41, 5.74) is 0.574. The van der Waals surface area contributed by atoms with Crippen molar-refractivity contribution in [3.8, 4) is 0 Å². The van der Waals surface area contributed by atoms with Crippen LogP contribution in [0.4, 0.5) is 0 Å². The number of hydrogen-bond acceptors (Lipinski definition) is 2. The predicted molar refractivity (Wildman–Crippen MR) is 59.9 cm³/mol. The number of rotatable bonds is 2. The molecule has 0 N–H and O–H groups in total. The van der Waals surface area contributed by atoms with Gasteiger partial charge in [-0.25, -0.2) is 0 Å². The smallest absolute Gasteiger partial charge is 0.166 e. The summed E-state index contributed by atoms with van der Waals surface area (Å²) in [6, 6.07) is 6.51. The van der Waals surface area contributed by atoms with Crippen LogP contribution in [-0.2, 0) is 13.6 Å². The van der Waals surface area contributed by atoms with Gasteiger partial charge in [-0.05, 0) is 28.8 Å². The number of alkyl halides is 2. The molecular weight excluding hydrogens is 343 g/mol. The number of halogens is 3. The fourth-order valence-electron chi connectivity index (χ4n) is 0.740. The molecule has 2 nitrogen and oxygen atoms in total. The topological polar surface area (TPSA) is 40.1 Å². The Morgan fingerprint density at radius 1 is 1.31 bits per heavy atom. The molecule has 72 valence electrons. The lowest BCUT2D eigenvalue weighted by atomic mass is 10.2. The molecule has 0 fully saturated rings. The van der Waals surface area contributed by atoms with Gasteiger partial charge in [-0.15, -0.1) is 0 Å². The van der Waals surface area contributed by atoms with Gasteiger partial charge in [0.05, 0.1) is 0 Å². The molecule has 0 radical (unpaired) electrons. The van der Waals surface area contributed by atoms with Crippen molar-refractivity contribution in [1.29, 1.82) is 0 Å². The van der Waals surface area contributed by atoms with Crippen LogP contribution in [0.5, 0.6) is 0 Å². The normalized spacial score (nSPS) is 14.2. The van der Waals surface area contributed by atoms with E-state index in [2.05, 4.69) is 31.9 Å². The quantitative estimate of drug-likeness (QED) is 0.609. The zero-order valence-corrected chi connectivity index (χ0v) is 10.9. The fraction of sp³-hybridized carbons (Fsp3) is 0.143. The molecule has 0 aliphatic heterocycles. The second-order valence-electron chi connectivity index (χ2n) is 2.26. The molecule has 1 aromatic carbocycles. The zero-order chi connectivity index (χ0) is 10.1. The van der Waals surface area contributed by atoms with Crippen LogP contribution < -0.4 is 0 Å². The molecule has 1 rings (SSSR count). The maximum Gasteiger partial charge on any atom is 0.166 e. The van der Waals surface area contributed by atoms with Gasteiger partial charge in [0.15, 0.2) is 2.57 Å². The third kappa shape index (κ3) is 2.76. The first kappa shape index (κ1) is 11.7. The lowest BCUT2D eigenvalue weighted by Gasteiger charge is -2.23. The minimum Gasteiger partial charge on any atom is -0.770 e. The Balaban J connectivity index is 3.08. The van der Waals surface area contributed by atoms with Gasteiger partial charge in [0, 0.05) is 5.02 Å². The van der Waals surface area contributed by atoms with Gasteiger partial charge >= 0.3 is 0 Å². The van der Waals surface area contributed by atoms with Gasteiger partial charge in [-0.3, -0.25) is 4.21 Å². The average Bonchev–Trinajstić information content (AvgIpc) is 2.04. The van der Waals surface area contributed by atoms with Crippen LogP contribution in [0, 0.1) is 0 Å². The minimum atomic E-state index is -2.29. The van der Waals surface area contributed by atoms with Crippen LogP contribution in [0.25, 0.3) is 0 Å². The van der Waals surface area contributed by atoms with Crippen molar-refractivity contribution in [3.63, 3.8) is 0 Å². The highest BCUT2D eigenvalue weighted by molar-refractivity contribution is 9.27. The van der Waals surface area contributed by atoms with Crippen LogP contribution in [0.15, 0.2) is 24.3 Å². The Morgan fingerprint density at radius 2 is 1.77 bits per heavy atom. The first-order valence-electron chi connectivity index (χ1n) is 3.18. The molecular formula is C7H4Br2ClO2S-. The molecule has 1 aromatic rings. The standard InChI is InChI=1S/C7H5Br2ClO2S/c8-7(9,13(11)12)5-1-3-6(10)4-2-5/h1-4H,(H,11,12)/p-1. The van der Waals surface area contributed by atoms with Crippen LogP contribution >= 0.6 is 43.5 Å². The second kappa shape index (κ2) is 4.40. The van der Waals surface area contributed by atoms with E-state index in [9.17, 15) is 8.76 Å². The zero-order valence-electron chi connectivity index (χ0n) is 6.17. The Labute approximate surface area is 100 Å². The van der Waals surface area contributed by atoms with Gasteiger partial charge in [0.2, 0.25) is 0 Å². The highest BCUT2D eigenvalue weighted by Gasteiger charge is 2.26. The van der Waals surface area contributed by atoms with E-state index in [0.29, 0.717) is 10.6 Å². The molecule has 6 heteroatoms. The average molecular weight is 347 g/mol. The van der Waals surface area contributed by atoms with E-state index in [4.69, 9.17) is 11.6 Å². The van der Waals surface area contributed by atoms with E-state index in [1.807, 2.05) is 0 Å². The molecule has 13 heavy (non-hydrogen) atoms. The molecule has 0 aliphatic carbocycles. The molecule has 0 amide bonds. The van der Waals surface area contributed by atoms with Crippen molar-refractivity contribution < 1.29 is 8.76 Å². The van der Waals surface area contributed by atoms with Crippen molar-refractivity contribution in [3.05, 3.63) is 34.9 Å². The van der Waals surface area contributed by atoms with Crippen molar-refractivity contribution in [1.82, 2.24) is 0 Å². The maximum absolute atomic E-state index is 10.8. The van der Waals surface area contributed by atoms with Crippen LogP contribution in [-0.4, -0.2) is 8.76 Å². The second-order valence-corrected chi connectivity index (χ2v) is 8.27. The van der Waals surface area contributed by atoms with Crippen molar-refractivity contribution in [2.75, 3.05) is 0 Å². The molecule has 0 heterocycles. The SMILES string of the molecule is O=S([O-])C(Br)(Br)c1ccc(Cl)cc1. The van der Waals surface area contributed by atoms with Gasteiger partial charge in [0.1, 0.15) is 0 Å². The highest BCUT2D eigenvalue weighted by Crippen LogP contribution is 2.40. The fourth-order valence-corrected chi connectivity index (χ4v) is 1.72. The molecule has 1 unspecified atom stereocenters. The van der Waals surface area contributed by atoms with Gasteiger partial charge in [-0.1, -0.05) is 55.6 Å². The lowest BCUT2D eigenvalue weighted by Crippen LogP contribution is -2.15. The Bertz CT molecular complexity index is 326. The van der Waals surface area contributed by atoms with Crippen molar-refractivity contribution in [2.24, 2.45) is 0 Å². The third-order valence-corrected chi connectivity index (χ3v) is 4.80. The highest BCUT2D eigenvalue weighted by atomic mass is 79.9. The monoisotopic (exact) mass is 345 g/mol. The summed E-state index contributed by atoms with van der Waals surface area (Å²) >= 11 is 9.44. The van der Waals surface area contributed by atoms with Crippen molar-refractivity contribution >= 4 is 54.5 Å². The largest absolute Gasteiger partial charge is 0.770 e. The van der Waals surface area contributed by atoms with Gasteiger partial charge in [-0.2, -0.15) is 0 Å². The molecule has 1 atom stereocenters. The van der Waals surface area contributed by atoms with E-state index in [0.717, 1.165) is 0 Å². The summed E-state index contributed by atoms with van der Waals surface area (Å²) < 4.78 is 20.3. The molecule has 0 saturated carbocycles. The van der Waals surface area contributed by atoms with Crippen LogP contribution in [0.1, 0.15) is 5.56 Å². The summed E-state index contributed by atoms with van der Waals surface area (Å²) in [4.78, 5) is 0. The van der Waals surface area contributed by atoms with Crippen molar-refractivity contribution in [2.45, 2.75) is 2.57 Å².